The molecule has 1 atom stereocenters. The number of para-hydroxylation sites is 1. The van der Waals surface area contributed by atoms with Crippen molar-refractivity contribution in [3.8, 4) is 0 Å². The van der Waals surface area contributed by atoms with Gasteiger partial charge in [-0.2, -0.15) is 0 Å². The predicted octanol–water partition coefficient (Wildman–Crippen LogP) is 6.71. The summed E-state index contributed by atoms with van der Waals surface area (Å²) in [4.78, 5) is 13.3. The Kier molecular flexibility index (Phi) is 5.98. The number of aryl methyl sites for hydroxylation is 2. The van der Waals surface area contributed by atoms with Crippen LogP contribution in [0.15, 0.2) is 91.0 Å². The molecule has 1 heterocycles. The van der Waals surface area contributed by atoms with Gasteiger partial charge in [-0.25, -0.2) is 0 Å². The number of nitrogens with zero attached hydrogens (tertiary/aromatic N) is 2. The maximum atomic E-state index is 11.9. The van der Waals surface area contributed by atoms with Crippen LogP contribution in [0.5, 0.6) is 0 Å². The Morgan fingerprint density at radius 3 is 2.00 bits per heavy atom. The minimum Gasteiger partial charge on any atom is -0.372 e. The summed E-state index contributed by atoms with van der Waals surface area (Å²) >= 11 is 0. The van der Waals surface area contributed by atoms with Crippen molar-refractivity contribution in [2.45, 2.75) is 25.7 Å². The second kappa shape index (κ2) is 9.13. The number of hydrogen-bond acceptors (Lipinski definition) is 5. The van der Waals surface area contributed by atoms with E-state index in [0.29, 0.717) is 11.3 Å². The molecule has 182 valence electrons. The molecule has 6 heteroatoms. The van der Waals surface area contributed by atoms with Crippen molar-refractivity contribution in [1.29, 1.82) is 0 Å². The van der Waals surface area contributed by atoms with E-state index in [2.05, 4.69) is 73.8 Å². The van der Waals surface area contributed by atoms with E-state index in [9.17, 15) is 10.1 Å². The van der Waals surface area contributed by atoms with Crippen molar-refractivity contribution in [1.82, 2.24) is 0 Å². The van der Waals surface area contributed by atoms with Gasteiger partial charge in [0.2, 0.25) is 0 Å². The SMILES string of the molecule is Cc1ccc(C2(c3ccc(C)cc3)O[C@H](c3ccc(N(C)C)c([N+](=O)[O-])c3)Nc3ccccc32)cc1. The highest BCUT2D eigenvalue weighted by Crippen LogP contribution is 2.50. The second-order valence-corrected chi connectivity index (χ2v) is 9.50. The lowest BCUT2D eigenvalue weighted by atomic mass is 9.77. The van der Waals surface area contributed by atoms with Crippen LogP contribution in [0, 0.1) is 24.0 Å². The highest BCUT2D eigenvalue weighted by atomic mass is 16.6. The van der Waals surface area contributed by atoms with E-state index in [0.717, 1.165) is 33.5 Å². The summed E-state index contributed by atoms with van der Waals surface area (Å²) in [6.07, 6.45) is -0.614. The summed E-state index contributed by atoms with van der Waals surface area (Å²) in [7, 11) is 3.60. The van der Waals surface area contributed by atoms with Crippen LogP contribution in [0.1, 0.15) is 39.6 Å². The Labute approximate surface area is 211 Å². The first-order valence-corrected chi connectivity index (χ1v) is 11.9. The second-order valence-electron chi connectivity index (χ2n) is 9.50. The van der Waals surface area contributed by atoms with Crippen molar-refractivity contribution < 1.29 is 9.66 Å². The van der Waals surface area contributed by atoms with Gasteiger partial charge in [-0.05, 0) is 37.1 Å². The number of fused-ring (bicyclic) bond motifs is 1. The Morgan fingerprint density at radius 1 is 0.861 bits per heavy atom. The molecular formula is C30H29N3O3. The average Bonchev–Trinajstić information content (AvgIpc) is 2.88. The number of anilines is 2. The third-order valence-corrected chi connectivity index (χ3v) is 6.78. The summed E-state index contributed by atoms with van der Waals surface area (Å²) in [6.45, 7) is 4.13. The van der Waals surface area contributed by atoms with Crippen LogP contribution >= 0.6 is 0 Å². The molecule has 1 aliphatic heterocycles. The number of benzene rings is 4. The van der Waals surface area contributed by atoms with E-state index in [-0.39, 0.29) is 10.6 Å². The molecule has 6 nitrogen and oxygen atoms in total. The number of nitro groups is 1. The number of nitrogens with one attached hydrogen (secondary N) is 1. The fourth-order valence-electron chi connectivity index (χ4n) is 4.90. The van der Waals surface area contributed by atoms with Gasteiger partial charge in [0.15, 0.2) is 6.23 Å². The van der Waals surface area contributed by atoms with Crippen molar-refractivity contribution in [2.24, 2.45) is 0 Å². The van der Waals surface area contributed by atoms with Crippen molar-refractivity contribution in [3.05, 3.63) is 134 Å². The monoisotopic (exact) mass is 479 g/mol. The summed E-state index contributed by atoms with van der Waals surface area (Å²) in [5.74, 6) is 0. The first-order valence-electron chi connectivity index (χ1n) is 11.9. The lowest BCUT2D eigenvalue weighted by Crippen LogP contribution is -2.40. The lowest BCUT2D eigenvalue weighted by Gasteiger charge is -2.44. The number of hydrogen-bond donors (Lipinski definition) is 1. The molecule has 1 aliphatic rings. The van der Waals surface area contributed by atoms with Gasteiger partial charge in [-0.15, -0.1) is 0 Å². The molecule has 0 radical (unpaired) electrons. The first-order chi connectivity index (χ1) is 17.3. The van der Waals surface area contributed by atoms with Gasteiger partial charge in [-0.3, -0.25) is 10.1 Å². The molecule has 1 N–H and O–H groups in total. The van der Waals surface area contributed by atoms with Gasteiger partial charge in [-0.1, -0.05) is 83.9 Å². The summed E-state index contributed by atoms with van der Waals surface area (Å²) in [5, 5.41) is 15.4. The van der Waals surface area contributed by atoms with Crippen molar-refractivity contribution in [2.75, 3.05) is 24.3 Å². The molecule has 0 unspecified atom stereocenters. The fraction of sp³-hybridized carbons (Fsp3) is 0.200. The molecular weight excluding hydrogens is 450 g/mol. The lowest BCUT2D eigenvalue weighted by molar-refractivity contribution is -0.384. The topological polar surface area (TPSA) is 67.6 Å². The van der Waals surface area contributed by atoms with Crippen LogP contribution in [0.2, 0.25) is 0 Å². The van der Waals surface area contributed by atoms with Crippen LogP contribution in [-0.2, 0) is 10.3 Å². The average molecular weight is 480 g/mol. The Hall–Kier alpha value is -4.16. The van der Waals surface area contributed by atoms with Gasteiger partial charge in [0, 0.05) is 37.0 Å². The molecule has 0 saturated carbocycles. The van der Waals surface area contributed by atoms with Crippen molar-refractivity contribution >= 4 is 17.1 Å². The van der Waals surface area contributed by atoms with Gasteiger partial charge < -0.3 is 15.0 Å². The first kappa shape index (κ1) is 23.6. The molecule has 0 saturated heterocycles. The molecule has 36 heavy (non-hydrogen) atoms. The van der Waals surface area contributed by atoms with E-state index >= 15 is 0 Å². The molecule has 0 bridgehead atoms. The minimum atomic E-state index is -0.914. The van der Waals surface area contributed by atoms with Crippen LogP contribution in [0.4, 0.5) is 17.1 Å². The quantitative estimate of drug-likeness (QED) is 0.254. The molecule has 0 fully saturated rings. The molecule has 0 spiro atoms. The van der Waals surface area contributed by atoms with Crippen LogP contribution < -0.4 is 10.2 Å². The normalized spacial score (nSPS) is 16.1. The third-order valence-electron chi connectivity index (χ3n) is 6.78. The summed E-state index contributed by atoms with van der Waals surface area (Å²) in [5.41, 5.74) is 6.58. The number of nitro benzene ring substituents is 1. The van der Waals surface area contributed by atoms with Crippen LogP contribution in [0.25, 0.3) is 0 Å². The van der Waals surface area contributed by atoms with Crippen LogP contribution in [-0.4, -0.2) is 19.0 Å². The number of ether oxygens (including phenoxy) is 1. The zero-order valence-corrected chi connectivity index (χ0v) is 20.9. The van der Waals surface area contributed by atoms with Gasteiger partial charge in [0.25, 0.3) is 5.69 Å². The van der Waals surface area contributed by atoms with E-state index in [1.807, 2.05) is 24.3 Å². The van der Waals surface area contributed by atoms with Crippen molar-refractivity contribution in [3.63, 3.8) is 0 Å². The highest BCUT2D eigenvalue weighted by Gasteiger charge is 2.45. The standard InChI is InChI=1S/C30H29N3O3/c1-20-9-14-23(15-10-20)30(24-16-11-21(2)12-17-24)25-7-5-6-8-26(25)31-29(36-30)22-13-18-27(32(3)4)28(19-22)33(34)35/h5-19,29,31H,1-4H3/t29-/m1/s1. The zero-order chi connectivity index (χ0) is 25.4. The molecule has 4 aromatic rings. The minimum absolute atomic E-state index is 0.0398. The summed E-state index contributed by atoms with van der Waals surface area (Å²) in [6, 6.07) is 30.2. The maximum Gasteiger partial charge on any atom is 0.292 e. The Morgan fingerprint density at radius 2 is 1.44 bits per heavy atom. The molecule has 4 aromatic carbocycles. The Balaban J connectivity index is 1.74. The predicted molar refractivity (Wildman–Crippen MR) is 144 cm³/mol. The van der Waals surface area contributed by atoms with E-state index in [1.165, 1.54) is 0 Å². The summed E-state index contributed by atoms with van der Waals surface area (Å²) < 4.78 is 7.03. The Bertz CT molecular complexity index is 1370. The largest absolute Gasteiger partial charge is 0.372 e. The van der Waals surface area contributed by atoms with E-state index in [4.69, 9.17) is 4.74 Å². The molecule has 0 aromatic heterocycles. The van der Waals surface area contributed by atoms with E-state index in [1.54, 1.807) is 31.1 Å². The molecule has 0 aliphatic carbocycles. The highest BCUT2D eigenvalue weighted by molar-refractivity contribution is 5.67. The molecule has 0 amide bonds. The maximum absolute atomic E-state index is 11.9. The zero-order valence-electron chi connectivity index (χ0n) is 20.9. The number of rotatable bonds is 5. The van der Waals surface area contributed by atoms with E-state index < -0.39 is 11.8 Å². The van der Waals surface area contributed by atoms with Gasteiger partial charge in [0.05, 0.1) is 4.92 Å². The smallest absolute Gasteiger partial charge is 0.292 e. The van der Waals surface area contributed by atoms with Gasteiger partial charge >= 0.3 is 0 Å². The molecule has 5 rings (SSSR count). The third kappa shape index (κ3) is 3.99. The van der Waals surface area contributed by atoms with Crippen LogP contribution in [0.3, 0.4) is 0 Å². The fourth-order valence-corrected chi connectivity index (χ4v) is 4.90. The van der Waals surface area contributed by atoms with Gasteiger partial charge in [0.1, 0.15) is 11.3 Å².